The van der Waals surface area contributed by atoms with Crippen LogP contribution in [0.5, 0.6) is 0 Å². The van der Waals surface area contributed by atoms with Crippen molar-refractivity contribution in [1.82, 2.24) is 15.8 Å². The lowest BCUT2D eigenvalue weighted by Crippen LogP contribution is -2.38. The van der Waals surface area contributed by atoms with Gasteiger partial charge in [-0.25, -0.2) is 0 Å². The van der Waals surface area contributed by atoms with Crippen LogP contribution in [0.1, 0.15) is 36.4 Å². The molecule has 1 heterocycles. The Morgan fingerprint density at radius 1 is 1.21 bits per heavy atom. The molecule has 130 valence electrons. The molecule has 1 aromatic carbocycles. The molecule has 0 fully saturated rings. The number of benzene rings is 1. The van der Waals surface area contributed by atoms with E-state index in [0.717, 1.165) is 59.4 Å². The van der Waals surface area contributed by atoms with Gasteiger partial charge in [0.2, 0.25) is 0 Å². The highest BCUT2D eigenvalue weighted by Crippen LogP contribution is 2.16. The van der Waals surface area contributed by atoms with Crippen molar-refractivity contribution in [3.63, 3.8) is 0 Å². The van der Waals surface area contributed by atoms with Crippen molar-refractivity contribution in [1.29, 1.82) is 0 Å². The number of hydrogen-bond donors (Lipinski definition) is 2. The Labute approximate surface area is 148 Å². The monoisotopic (exact) mass is 348 g/mol. The van der Waals surface area contributed by atoms with Crippen molar-refractivity contribution in [3.05, 3.63) is 51.9 Å². The number of rotatable bonds is 7. The Morgan fingerprint density at radius 2 is 2.00 bits per heavy atom. The Morgan fingerprint density at radius 3 is 2.67 bits per heavy atom. The highest BCUT2D eigenvalue weighted by Gasteiger charge is 2.13. The van der Waals surface area contributed by atoms with Crippen LogP contribution in [0.4, 0.5) is 0 Å². The van der Waals surface area contributed by atoms with E-state index in [9.17, 15) is 0 Å². The van der Waals surface area contributed by atoms with Crippen LogP contribution in [0.15, 0.2) is 33.8 Å². The summed E-state index contributed by atoms with van der Waals surface area (Å²) in [6, 6.07) is 7.89. The first kappa shape index (κ1) is 18.3. The number of aliphatic imine (C=N–C) groups is 1. The molecule has 0 saturated carbocycles. The van der Waals surface area contributed by atoms with Gasteiger partial charge in [0, 0.05) is 37.1 Å². The molecule has 0 saturated heterocycles. The highest BCUT2D eigenvalue weighted by atomic mass is 35.5. The third-order valence-electron chi connectivity index (χ3n) is 3.91. The van der Waals surface area contributed by atoms with Crippen LogP contribution in [0.2, 0.25) is 5.02 Å². The number of halogens is 1. The summed E-state index contributed by atoms with van der Waals surface area (Å²) < 4.78 is 5.39. The molecule has 24 heavy (non-hydrogen) atoms. The molecule has 2 aromatic rings. The average Bonchev–Trinajstić information content (AvgIpc) is 3.01. The first-order valence-electron chi connectivity index (χ1n) is 8.33. The van der Waals surface area contributed by atoms with Gasteiger partial charge in [-0.05, 0) is 24.5 Å². The second-order valence-electron chi connectivity index (χ2n) is 5.43. The third-order valence-corrected chi connectivity index (χ3v) is 4.28. The predicted molar refractivity (Wildman–Crippen MR) is 98.6 cm³/mol. The van der Waals surface area contributed by atoms with E-state index in [1.165, 1.54) is 0 Å². The molecule has 2 N–H and O–H groups in total. The smallest absolute Gasteiger partial charge is 0.191 e. The van der Waals surface area contributed by atoms with E-state index in [0.29, 0.717) is 6.54 Å². The van der Waals surface area contributed by atoms with Gasteiger partial charge in [-0.2, -0.15) is 0 Å². The van der Waals surface area contributed by atoms with E-state index in [4.69, 9.17) is 16.1 Å². The second-order valence-corrected chi connectivity index (χ2v) is 5.84. The molecule has 6 heteroatoms. The number of guanidine groups is 1. The summed E-state index contributed by atoms with van der Waals surface area (Å²) in [5, 5.41) is 11.6. The number of hydrogen-bond acceptors (Lipinski definition) is 3. The SMILES string of the molecule is CCc1noc(CC)c1CNC(=NC)NCCc1ccccc1Cl. The standard InChI is InChI=1S/C18H25ClN4O/c1-4-16-14(17(5-2)24-23-16)12-22-18(20-3)21-11-10-13-8-6-7-9-15(13)19/h6-9H,4-5,10-12H2,1-3H3,(H2,20,21,22). The lowest BCUT2D eigenvalue weighted by atomic mass is 10.1. The van der Waals surface area contributed by atoms with E-state index in [1.807, 2.05) is 24.3 Å². The van der Waals surface area contributed by atoms with E-state index < -0.39 is 0 Å². The number of nitrogens with one attached hydrogen (secondary N) is 2. The zero-order valence-corrected chi connectivity index (χ0v) is 15.3. The van der Waals surface area contributed by atoms with Crippen LogP contribution in [-0.2, 0) is 25.8 Å². The summed E-state index contributed by atoms with van der Waals surface area (Å²) in [6.07, 6.45) is 2.54. The summed E-state index contributed by atoms with van der Waals surface area (Å²) in [4.78, 5) is 4.26. The quantitative estimate of drug-likeness (QED) is 0.595. The molecule has 1 aromatic heterocycles. The normalized spacial score (nSPS) is 11.6. The van der Waals surface area contributed by atoms with Gasteiger partial charge in [-0.15, -0.1) is 0 Å². The predicted octanol–water partition coefficient (Wildman–Crippen LogP) is 3.36. The van der Waals surface area contributed by atoms with Gasteiger partial charge >= 0.3 is 0 Å². The molecule has 0 aliphatic rings. The summed E-state index contributed by atoms with van der Waals surface area (Å²) in [7, 11) is 1.76. The molecule has 0 aliphatic carbocycles. The Kier molecular flexibility index (Phi) is 7.12. The van der Waals surface area contributed by atoms with Crippen molar-refractivity contribution in [2.45, 2.75) is 39.7 Å². The lowest BCUT2D eigenvalue weighted by molar-refractivity contribution is 0.380. The zero-order chi connectivity index (χ0) is 17.4. The van der Waals surface area contributed by atoms with Crippen LogP contribution >= 0.6 is 11.6 Å². The largest absolute Gasteiger partial charge is 0.361 e. The number of aromatic nitrogens is 1. The minimum Gasteiger partial charge on any atom is -0.361 e. The van der Waals surface area contributed by atoms with E-state index in [2.05, 4.69) is 34.6 Å². The molecule has 0 aliphatic heterocycles. The fourth-order valence-corrected chi connectivity index (χ4v) is 2.78. The molecule has 0 unspecified atom stereocenters. The van der Waals surface area contributed by atoms with Crippen molar-refractivity contribution < 1.29 is 4.52 Å². The molecule has 0 radical (unpaired) electrons. The van der Waals surface area contributed by atoms with Gasteiger partial charge in [0.25, 0.3) is 0 Å². The van der Waals surface area contributed by atoms with Crippen LogP contribution < -0.4 is 10.6 Å². The van der Waals surface area contributed by atoms with Crippen LogP contribution in [0.3, 0.4) is 0 Å². The zero-order valence-electron chi connectivity index (χ0n) is 14.5. The lowest BCUT2D eigenvalue weighted by Gasteiger charge is -2.12. The summed E-state index contributed by atoms with van der Waals surface area (Å²) in [5.74, 6) is 1.69. The molecule has 0 spiro atoms. The fourth-order valence-electron chi connectivity index (χ4n) is 2.55. The Bertz CT molecular complexity index is 660. The van der Waals surface area contributed by atoms with Crippen molar-refractivity contribution >= 4 is 17.6 Å². The summed E-state index contributed by atoms with van der Waals surface area (Å²) in [5.41, 5.74) is 3.27. The van der Waals surface area contributed by atoms with Crippen molar-refractivity contribution in [2.75, 3.05) is 13.6 Å². The van der Waals surface area contributed by atoms with Gasteiger partial charge in [-0.3, -0.25) is 4.99 Å². The fraction of sp³-hybridized carbons (Fsp3) is 0.444. The number of nitrogens with zero attached hydrogens (tertiary/aromatic N) is 2. The Hall–Kier alpha value is -2.01. The molecular formula is C18H25ClN4O. The topological polar surface area (TPSA) is 62.5 Å². The third kappa shape index (κ3) is 4.74. The molecular weight excluding hydrogens is 324 g/mol. The summed E-state index contributed by atoms with van der Waals surface area (Å²) >= 11 is 6.18. The molecule has 0 amide bonds. The second kappa shape index (κ2) is 9.33. The van der Waals surface area contributed by atoms with E-state index in [1.54, 1.807) is 7.05 Å². The van der Waals surface area contributed by atoms with Crippen molar-refractivity contribution in [3.8, 4) is 0 Å². The highest BCUT2D eigenvalue weighted by molar-refractivity contribution is 6.31. The molecule has 5 nitrogen and oxygen atoms in total. The number of aryl methyl sites for hydroxylation is 2. The van der Waals surface area contributed by atoms with Gasteiger partial charge in [-0.1, -0.05) is 48.8 Å². The first-order valence-corrected chi connectivity index (χ1v) is 8.71. The van der Waals surface area contributed by atoms with Crippen LogP contribution in [0, 0.1) is 0 Å². The van der Waals surface area contributed by atoms with Gasteiger partial charge < -0.3 is 15.2 Å². The van der Waals surface area contributed by atoms with E-state index in [-0.39, 0.29) is 0 Å². The molecule has 0 bridgehead atoms. The summed E-state index contributed by atoms with van der Waals surface area (Å²) in [6.45, 7) is 5.56. The van der Waals surface area contributed by atoms with Gasteiger partial charge in [0.1, 0.15) is 5.76 Å². The van der Waals surface area contributed by atoms with Crippen LogP contribution in [0.25, 0.3) is 0 Å². The van der Waals surface area contributed by atoms with E-state index >= 15 is 0 Å². The average molecular weight is 349 g/mol. The maximum Gasteiger partial charge on any atom is 0.191 e. The molecule has 2 rings (SSSR count). The minimum atomic E-state index is 0.654. The molecule has 0 atom stereocenters. The van der Waals surface area contributed by atoms with Gasteiger partial charge in [0.05, 0.1) is 5.69 Å². The maximum atomic E-state index is 6.18. The minimum absolute atomic E-state index is 0.654. The van der Waals surface area contributed by atoms with Crippen molar-refractivity contribution in [2.24, 2.45) is 4.99 Å². The Balaban J connectivity index is 1.87. The maximum absolute atomic E-state index is 6.18. The first-order chi connectivity index (χ1) is 11.7. The van der Waals surface area contributed by atoms with Crippen LogP contribution in [-0.4, -0.2) is 24.7 Å². The van der Waals surface area contributed by atoms with Gasteiger partial charge in [0.15, 0.2) is 5.96 Å².